The molecule has 1 amide bonds. The van der Waals surface area contributed by atoms with Gasteiger partial charge in [-0.3, -0.25) is 4.79 Å². The van der Waals surface area contributed by atoms with Gasteiger partial charge in [-0.1, -0.05) is 42.5 Å². The number of likely N-dealkylation sites (N-methyl/N-ethyl adjacent to an activating group) is 1. The van der Waals surface area contributed by atoms with Crippen molar-refractivity contribution >= 4 is 5.91 Å². The average Bonchev–Trinajstić information content (AvgIpc) is 2.62. The van der Waals surface area contributed by atoms with Crippen LogP contribution in [0.5, 0.6) is 5.75 Å². The molecular formula is C20H24N2O2. The molecule has 1 aliphatic rings. The second-order valence-corrected chi connectivity index (χ2v) is 6.30. The topological polar surface area (TPSA) is 32.8 Å². The number of nitrogens with zero attached hydrogens (tertiary/aromatic N) is 2. The van der Waals surface area contributed by atoms with Crippen LogP contribution < -0.4 is 4.74 Å². The van der Waals surface area contributed by atoms with Crippen molar-refractivity contribution in [1.82, 2.24) is 9.80 Å². The number of ether oxygens (including phenoxy) is 1. The van der Waals surface area contributed by atoms with Crippen molar-refractivity contribution < 1.29 is 9.53 Å². The molecule has 0 radical (unpaired) electrons. The van der Waals surface area contributed by atoms with Gasteiger partial charge in [-0.25, -0.2) is 0 Å². The monoisotopic (exact) mass is 324 g/mol. The zero-order valence-corrected chi connectivity index (χ0v) is 14.3. The molecule has 0 N–H and O–H groups in total. The van der Waals surface area contributed by atoms with Gasteiger partial charge in [0.2, 0.25) is 5.91 Å². The van der Waals surface area contributed by atoms with Gasteiger partial charge in [-0.15, -0.1) is 0 Å². The minimum Gasteiger partial charge on any atom is -0.497 e. The number of carbonyl (C=O) groups excluding carboxylic acids is 1. The maximum atomic E-state index is 12.9. The third-order valence-electron chi connectivity index (χ3n) is 4.58. The Hall–Kier alpha value is -2.33. The Bertz CT molecular complexity index is 687. The van der Waals surface area contributed by atoms with E-state index in [1.807, 2.05) is 47.4 Å². The standard InChI is InChI=1S/C20H24N2O2/c1-21-11-12-22(19(15-21)17-8-4-3-5-9-17)20(23)14-16-7-6-10-18(13-16)24-2/h3-10,13,19H,11-12,14-15H2,1-2H3. The summed E-state index contributed by atoms with van der Waals surface area (Å²) in [6.45, 7) is 2.54. The Labute approximate surface area is 143 Å². The quantitative estimate of drug-likeness (QED) is 0.867. The van der Waals surface area contributed by atoms with Gasteiger partial charge < -0.3 is 14.5 Å². The van der Waals surface area contributed by atoms with E-state index in [0.717, 1.165) is 30.9 Å². The smallest absolute Gasteiger partial charge is 0.227 e. The fourth-order valence-electron chi connectivity index (χ4n) is 3.24. The summed E-state index contributed by atoms with van der Waals surface area (Å²) >= 11 is 0. The molecule has 1 heterocycles. The summed E-state index contributed by atoms with van der Waals surface area (Å²) in [4.78, 5) is 17.2. The van der Waals surface area contributed by atoms with Crippen molar-refractivity contribution in [2.75, 3.05) is 33.8 Å². The van der Waals surface area contributed by atoms with E-state index in [0.29, 0.717) is 6.42 Å². The van der Waals surface area contributed by atoms with E-state index in [1.165, 1.54) is 5.56 Å². The average molecular weight is 324 g/mol. The lowest BCUT2D eigenvalue weighted by Gasteiger charge is -2.40. The molecule has 2 aromatic carbocycles. The maximum Gasteiger partial charge on any atom is 0.227 e. The fraction of sp³-hybridized carbons (Fsp3) is 0.350. The lowest BCUT2D eigenvalue weighted by atomic mass is 10.0. The molecule has 1 aliphatic heterocycles. The van der Waals surface area contributed by atoms with Crippen LogP contribution >= 0.6 is 0 Å². The molecule has 0 aromatic heterocycles. The Morgan fingerprint density at radius 3 is 2.67 bits per heavy atom. The number of methoxy groups -OCH3 is 1. The highest BCUT2D eigenvalue weighted by molar-refractivity contribution is 5.79. The van der Waals surface area contributed by atoms with E-state index in [-0.39, 0.29) is 11.9 Å². The molecule has 126 valence electrons. The summed E-state index contributed by atoms with van der Waals surface area (Å²) in [6, 6.07) is 18.2. The number of benzene rings is 2. The molecular weight excluding hydrogens is 300 g/mol. The third-order valence-corrected chi connectivity index (χ3v) is 4.58. The van der Waals surface area contributed by atoms with Crippen molar-refractivity contribution in [3.63, 3.8) is 0 Å². The van der Waals surface area contributed by atoms with Crippen molar-refractivity contribution in [3.05, 3.63) is 65.7 Å². The number of amides is 1. The first-order chi connectivity index (χ1) is 11.7. The van der Waals surface area contributed by atoms with Gasteiger partial charge >= 0.3 is 0 Å². The minimum atomic E-state index is 0.114. The zero-order valence-electron chi connectivity index (χ0n) is 14.3. The van der Waals surface area contributed by atoms with Crippen LogP contribution in [0.3, 0.4) is 0 Å². The number of carbonyl (C=O) groups is 1. The van der Waals surface area contributed by atoms with E-state index < -0.39 is 0 Å². The van der Waals surface area contributed by atoms with E-state index in [9.17, 15) is 4.79 Å². The normalized spacial score (nSPS) is 18.4. The van der Waals surface area contributed by atoms with Crippen LogP contribution in [0.2, 0.25) is 0 Å². The van der Waals surface area contributed by atoms with Gasteiger partial charge in [0, 0.05) is 19.6 Å². The second kappa shape index (κ2) is 7.49. The fourth-order valence-corrected chi connectivity index (χ4v) is 3.24. The highest BCUT2D eigenvalue weighted by atomic mass is 16.5. The van der Waals surface area contributed by atoms with Gasteiger partial charge in [-0.05, 0) is 30.3 Å². The molecule has 24 heavy (non-hydrogen) atoms. The van der Waals surface area contributed by atoms with Gasteiger partial charge in [0.1, 0.15) is 5.75 Å². The molecule has 0 aliphatic carbocycles. The van der Waals surface area contributed by atoms with Crippen molar-refractivity contribution in [2.45, 2.75) is 12.5 Å². The largest absolute Gasteiger partial charge is 0.497 e. The summed E-state index contributed by atoms with van der Waals surface area (Å²) in [6.07, 6.45) is 0.407. The van der Waals surface area contributed by atoms with Gasteiger partial charge in [-0.2, -0.15) is 0 Å². The summed E-state index contributed by atoms with van der Waals surface area (Å²) in [5, 5.41) is 0. The Kier molecular flexibility index (Phi) is 5.16. The highest BCUT2D eigenvalue weighted by Crippen LogP contribution is 2.26. The molecule has 1 unspecified atom stereocenters. The van der Waals surface area contributed by atoms with Crippen LogP contribution in [0.4, 0.5) is 0 Å². The van der Waals surface area contributed by atoms with E-state index >= 15 is 0 Å². The summed E-state index contributed by atoms with van der Waals surface area (Å²) in [5.41, 5.74) is 2.19. The molecule has 1 fully saturated rings. The van der Waals surface area contributed by atoms with Crippen LogP contribution in [0.25, 0.3) is 0 Å². The van der Waals surface area contributed by atoms with E-state index in [4.69, 9.17) is 4.74 Å². The van der Waals surface area contributed by atoms with E-state index in [1.54, 1.807) is 7.11 Å². The predicted molar refractivity (Wildman–Crippen MR) is 95.1 cm³/mol. The van der Waals surface area contributed by atoms with E-state index in [2.05, 4.69) is 24.1 Å². The Morgan fingerprint density at radius 2 is 1.92 bits per heavy atom. The lowest BCUT2D eigenvalue weighted by molar-refractivity contribution is -0.135. The highest BCUT2D eigenvalue weighted by Gasteiger charge is 2.29. The second-order valence-electron chi connectivity index (χ2n) is 6.30. The molecule has 3 rings (SSSR count). The molecule has 0 spiro atoms. The van der Waals surface area contributed by atoms with Crippen molar-refractivity contribution in [2.24, 2.45) is 0 Å². The van der Waals surface area contributed by atoms with Crippen LogP contribution in [0, 0.1) is 0 Å². The predicted octanol–water partition coefficient (Wildman–Crippen LogP) is 2.75. The zero-order chi connectivity index (χ0) is 16.9. The van der Waals surface area contributed by atoms with Crippen LogP contribution in [-0.4, -0.2) is 49.5 Å². The molecule has 4 nitrogen and oxygen atoms in total. The molecule has 0 saturated carbocycles. The molecule has 1 atom stereocenters. The first kappa shape index (κ1) is 16.5. The minimum absolute atomic E-state index is 0.114. The van der Waals surface area contributed by atoms with Crippen LogP contribution in [-0.2, 0) is 11.2 Å². The van der Waals surface area contributed by atoms with Crippen molar-refractivity contribution in [1.29, 1.82) is 0 Å². The molecule has 1 saturated heterocycles. The number of hydrogen-bond donors (Lipinski definition) is 0. The van der Waals surface area contributed by atoms with Crippen LogP contribution in [0.15, 0.2) is 54.6 Å². The number of rotatable bonds is 4. The molecule has 0 bridgehead atoms. The Balaban J connectivity index is 1.78. The lowest BCUT2D eigenvalue weighted by Crippen LogP contribution is -2.49. The molecule has 4 heteroatoms. The number of hydrogen-bond acceptors (Lipinski definition) is 3. The number of piperazine rings is 1. The van der Waals surface area contributed by atoms with Gasteiger partial charge in [0.05, 0.1) is 19.6 Å². The summed E-state index contributed by atoms with van der Waals surface area (Å²) < 4.78 is 5.25. The molecule has 2 aromatic rings. The maximum absolute atomic E-state index is 12.9. The van der Waals surface area contributed by atoms with Gasteiger partial charge in [0.15, 0.2) is 0 Å². The third kappa shape index (κ3) is 3.77. The van der Waals surface area contributed by atoms with Crippen LogP contribution in [0.1, 0.15) is 17.2 Å². The SMILES string of the molecule is COc1cccc(CC(=O)N2CCN(C)CC2c2ccccc2)c1. The Morgan fingerprint density at radius 1 is 1.12 bits per heavy atom. The summed E-state index contributed by atoms with van der Waals surface area (Å²) in [7, 11) is 3.76. The first-order valence-corrected chi connectivity index (χ1v) is 8.33. The van der Waals surface area contributed by atoms with Crippen molar-refractivity contribution in [3.8, 4) is 5.75 Å². The first-order valence-electron chi connectivity index (χ1n) is 8.33. The van der Waals surface area contributed by atoms with Gasteiger partial charge in [0.25, 0.3) is 0 Å². The summed E-state index contributed by atoms with van der Waals surface area (Å²) in [5.74, 6) is 0.962.